The van der Waals surface area contributed by atoms with Gasteiger partial charge in [0.25, 0.3) is 0 Å². The Kier molecular flexibility index (Phi) is 16.9. The van der Waals surface area contributed by atoms with Gasteiger partial charge in [0.2, 0.25) is 21.8 Å². The Morgan fingerprint density at radius 3 is 1.79 bits per heavy atom. The third kappa shape index (κ3) is 13.2. The topological polar surface area (TPSA) is 238 Å². The van der Waals surface area contributed by atoms with Crippen molar-refractivity contribution in [1.82, 2.24) is 29.4 Å². The number of nitrogens with two attached hydrogens (primary N) is 1. The van der Waals surface area contributed by atoms with Crippen molar-refractivity contribution in [1.29, 1.82) is 0 Å². The number of hydrogen-bond acceptors (Lipinski definition) is 13. The molecule has 5 aromatic carbocycles. The maximum atomic E-state index is 16.2. The molecule has 0 radical (unpaired) electrons. The highest BCUT2D eigenvalue weighted by atomic mass is 32.2. The summed E-state index contributed by atoms with van der Waals surface area (Å²) in [5, 5.41) is 26.3. The van der Waals surface area contributed by atoms with Gasteiger partial charge >= 0.3 is 6.09 Å². The number of aromatic nitrogens is 4. The molecule has 0 aliphatic carbocycles. The third-order valence-electron chi connectivity index (χ3n) is 11.9. The molecule has 21 heteroatoms. The van der Waals surface area contributed by atoms with E-state index < -0.39 is 61.3 Å². The number of anilines is 2. The first-order valence-corrected chi connectivity index (χ1v) is 29.9. The Bertz CT molecular complexity index is 3050. The lowest BCUT2D eigenvalue weighted by Crippen LogP contribution is -2.51. The molecule has 0 aliphatic rings. The van der Waals surface area contributed by atoms with Crippen LogP contribution in [0.4, 0.5) is 16.2 Å². The predicted octanol–water partition coefficient (Wildman–Crippen LogP) is 8.66. The smallest absolute Gasteiger partial charge is 0.407 e. The molecule has 0 saturated heterocycles. The highest BCUT2D eigenvalue weighted by molar-refractivity contribution is 7.93. The summed E-state index contributed by atoms with van der Waals surface area (Å²) >= 11 is 0. The van der Waals surface area contributed by atoms with Gasteiger partial charge in [0, 0.05) is 44.7 Å². The standard InChI is InChI=1S/C51H64N8O10S2Si/c1-34(59(50(61)62)51(2,3)4)30-45(60)53-43-13-11-12-42(47(43)52)41-26-27-44(70(63,64)28-29-72(8,9)10)48(46(41)49-54-56-58(55-49)33-37-18-24-40(69-7)25-19-37)71(65,66)57(31-35-14-20-38(67-5)21-15-35)32-36-16-22-39(68-6)23-17-36/h11-27,34H,28-33,52H2,1-10H3,(H,53,60)(H,61,62)/t34-/m0/s1. The van der Waals surface area contributed by atoms with Gasteiger partial charge in [-0.15, -0.1) is 10.2 Å². The van der Waals surface area contributed by atoms with E-state index in [0.717, 1.165) is 5.56 Å². The lowest BCUT2D eigenvalue weighted by molar-refractivity contribution is -0.117. The summed E-state index contributed by atoms with van der Waals surface area (Å²) in [6.07, 6.45) is -1.40. The third-order valence-corrected chi connectivity index (χ3v) is 17.8. The van der Waals surface area contributed by atoms with Crippen LogP contribution in [-0.2, 0) is 44.3 Å². The van der Waals surface area contributed by atoms with Crippen LogP contribution in [-0.4, -0.2) is 110 Å². The van der Waals surface area contributed by atoms with Crippen LogP contribution in [0.2, 0.25) is 25.7 Å². The number of ether oxygens (including phenoxy) is 3. The number of tetrazole rings is 1. The average Bonchev–Trinajstić information content (AvgIpc) is 3.78. The van der Waals surface area contributed by atoms with Crippen molar-refractivity contribution >= 4 is 51.3 Å². The molecule has 6 rings (SSSR count). The Morgan fingerprint density at radius 2 is 1.31 bits per heavy atom. The number of nitrogens with zero attached hydrogens (tertiary/aromatic N) is 6. The van der Waals surface area contributed by atoms with Crippen LogP contribution in [0.1, 0.15) is 50.8 Å². The number of amides is 2. The molecule has 0 unspecified atom stereocenters. The molecule has 6 aromatic rings. The maximum absolute atomic E-state index is 16.2. The molecule has 4 N–H and O–H groups in total. The Hall–Kier alpha value is -6.81. The second-order valence-corrected chi connectivity index (χ2v) is 29.2. The number of carbonyl (C=O) groups is 2. The quantitative estimate of drug-likeness (QED) is 0.0452. The van der Waals surface area contributed by atoms with Crippen LogP contribution in [0, 0.1) is 0 Å². The minimum atomic E-state index is -4.94. The fourth-order valence-electron chi connectivity index (χ4n) is 8.20. The number of carboxylic acid groups (broad SMARTS) is 1. The van der Waals surface area contributed by atoms with E-state index in [9.17, 15) is 23.1 Å². The van der Waals surface area contributed by atoms with Crippen LogP contribution in [0.3, 0.4) is 0 Å². The van der Waals surface area contributed by atoms with Gasteiger partial charge in [0.05, 0.1) is 55.5 Å². The van der Waals surface area contributed by atoms with Crippen molar-refractivity contribution in [2.75, 3.05) is 38.1 Å². The van der Waals surface area contributed by atoms with Crippen LogP contribution in [0.25, 0.3) is 22.5 Å². The minimum Gasteiger partial charge on any atom is -0.497 e. The van der Waals surface area contributed by atoms with Gasteiger partial charge in [-0.1, -0.05) is 74.2 Å². The number of sulfone groups is 1. The summed E-state index contributed by atoms with van der Waals surface area (Å²) in [6.45, 7) is 12.6. The molecule has 384 valence electrons. The zero-order valence-electron chi connectivity index (χ0n) is 42.3. The summed E-state index contributed by atoms with van der Waals surface area (Å²) in [5.74, 6) is 0.641. The molecule has 0 bridgehead atoms. The van der Waals surface area contributed by atoms with Crippen LogP contribution >= 0.6 is 0 Å². The number of benzene rings is 5. The van der Waals surface area contributed by atoms with Crippen molar-refractivity contribution in [3.63, 3.8) is 0 Å². The largest absolute Gasteiger partial charge is 0.497 e. The second-order valence-electron chi connectivity index (χ2n) is 19.6. The highest BCUT2D eigenvalue weighted by Gasteiger charge is 2.39. The van der Waals surface area contributed by atoms with Crippen LogP contribution in [0.15, 0.2) is 113 Å². The van der Waals surface area contributed by atoms with Crippen LogP contribution in [0.5, 0.6) is 17.2 Å². The first-order valence-electron chi connectivity index (χ1n) is 23.1. The monoisotopic (exact) mass is 1040 g/mol. The first-order chi connectivity index (χ1) is 33.8. The number of nitrogens with one attached hydrogen (secondary N) is 1. The van der Waals surface area contributed by atoms with Gasteiger partial charge in [-0.2, -0.15) is 9.10 Å². The molecule has 0 saturated carbocycles. The fraction of sp³-hybridized carbons (Fsp3) is 0.353. The van der Waals surface area contributed by atoms with Crippen LogP contribution < -0.4 is 25.3 Å². The number of nitrogen functional groups attached to an aromatic ring is 1. The molecule has 0 spiro atoms. The number of methoxy groups -OCH3 is 3. The number of hydrogen-bond donors (Lipinski definition) is 3. The molecule has 72 heavy (non-hydrogen) atoms. The maximum Gasteiger partial charge on any atom is 0.407 e. The first kappa shape index (κ1) is 54.5. The summed E-state index contributed by atoms with van der Waals surface area (Å²) in [5.41, 5.74) is 8.35. The lowest BCUT2D eigenvalue weighted by atomic mass is 9.96. The molecule has 1 aromatic heterocycles. The molecule has 1 atom stereocenters. The average molecular weight is 1040 g/mol. The summed E-state index contributed by atoms with van der Waals surface area (Å²) in [4.78, 5) is 27.4. The molecule has 0 aliphatic heterocycles. The van der Waals surface area contributed by atoms with Gasteiger partial charge in [-0.05, 0) is 110 Å². The number of rotatable bonds is 21. The van der Waals surface area contributed by atoms with E-state index in [0.29, 0.717) is 34.4 Å². The lowest BCUT2D eigenvalue weighted by Gasteiger charge is -2.37. The SMILES string of the molecule is COc1ccc(CN(Cc2ccc(OC)cc2)S(=O)(=O)c2c(S(=O)(=O)CC[Si](C)(C)C)ccc(-c3cccc(NC(=O)C[C@H](C)N(C(=O)O)C(C)(C)C)c3N)c2-c2nnn(Cc3ccc(OC)cc3)n2)cc1. The second kappa shape index (κ2) is 22.3. The zero-order chi connectivity index (χ0) is 52.8. The predicted molar refractivity (Wildman–Crippen MR) is 280 cm³/mol. The Morgan fingerprint density at radius 1 is 0.778 bits per heavy atom. The van der Waals surface area contributed by atoms with E-state index in [2.05, 4.69) is 15.6 Å². The molecule has 0 fully saturated rings. The normalized spacial score (nSPS) is 12.6. The highest BCUT2D eigenvalue weighted by Crippen LogP contribution is 2.44. The number of para-hydroxylation sites is 1. The van der Waals surface area contributed by atoms with Gasteiger partial charge in [0.15, 0.2) is 9.84 Å². The molecule has 1 heterocycles. The van der Waals surface area contributed by atoms with E-state index in [1.807, 2.05) is 31.8 Å². The fourth-order valence-corrected chi connectivity index (χ4v) is 15.0. The van der Waals surface area contributed by atoms with E-state index in [1.165, 1.54) is 40.4 Å². The van der Waals surface area contributed by atoms with Crippen molar-refractivity contribution in [2.24, 2.45) is 0 Å². The van der Waals surface area contributed by atoms with Crippen molar-refractivity contribution in [3.05, 3.63) is 120 Å². The Balaban J connectivity index is 1.62. The van der Waals surface area contributed by atoms with E-state index in [1.54, 1.807) is 114 Å². The summed E-state index contributed by atoms with van der Waals surface area (Å²) in [6, 6.07) is 28.1. The van der Waals surface area contributed by atoms with Crippen molar-refractivity contribution in [3.8, 4) is 39.8 Å². The van der Waals surface area contributed by atoms with E-state index in [4.69, 9.17) is 25.0 Å². The van der Waals surface area contributed by atoms with Gasteiger partial charge in [-0.3, -0.25) is 4.79 Å². The van der Waals surface area contributed by atoms with Crippen molar-refractivity contribution < 1.29 is 45.7 Å². The minimum absolute atomic E-state index is 0.00213. The molecular weight excluding hydrogens is 977 g/mol. The molecular formula is C51H64N8O10S2Si. The van der Waals surface area contributed by atoms with Gasteiger partial charge in [0.1, 0.15) is 22.1 Å². The number of sulfonamides is 1. The Labute approximate surface area is 423 Å². The number of carbonyl (C=O) groups excluding carboxylic acids is 1. The van der Waals surface area contributed by atoms with E-state index >= 15 is 8.42 Å². The summed E-state index contributed by atoms with van der Waals surface area (Å²) in [7, 11) is -6.75. The molecule has 18 nitrogen and oxygen atoms in total. The van der Waals surface area contributed by atoms with E-state index in [-0.39, 0.29) is 65.7 Å². The zero-order valence-corrected chi connectivity index (χ0v) is 45.0. The molecule has 2 amide bonds. The van der Waals surface area contributed by atoms with Crippen molar-refractivity contribution in [2.45, 2.75) is 101 Å². The summed E-state index contributed by atoms with van der Waals surface area (Å²) < 4.78 is 79.6. The van der Waals surface area contributed by atoms with Gasteiger partial charge < -0.3 is 35.3 Å². The van der Waals surface area contributed by atoms with Gasteiger partial charge in [-0.25, -0.2) is 21.6 Å².